The summed E-state index contributed by atoms with van der Waals surface area (Å²) >= 11 is 6.35. The van der Waals surface area contributed by atoms with Gasteiger partial charge in [-0.1, -0.05) is 11.6 Å². The van der Waals surface area contributed by atoms with E-state index in [9.17, 15) is 9.59 Å². The molecule has 0 radical (unpaired) electrons. The summed E-state index contributed by atoms with van der Waals surface area (Å²) in [6.07, 6.45) is 3.65. The molecule has 0 atom stereocenters. The summed E-state index contributed by atoms with van der Waals surface area (Å²) in [6.45, 7) is 4.25. The summed E-state index contributed by atoms with van der Waals surface area (Å²) < 4.78 is 0. The molecule has 0 aromatic heterocycles. The Balaban J connectivity index is 1.84. The number of urea groups is 1. The number of carbonyl (C=O) groups is 2. The van der Waals surface area contributed by atoms with Gasteiger partial charge in [-0.15, -0.1) is 0 Å². The maximum atomic E-state index is 11.8. The normalized spacial score (nSPS) is 14.3. The Morgan fingerprint density at radius 1 is 1.13 bits per heavy atom. The molecular formula is C16H23ClN4O2. The van der Waals surface area contributed by atoms with Crippen molar-refractivity contribution < 1.29 is 9.59 Å². The zero-order chi connectivity index (χ0) is 16.7. The molecule has 1 aliphatic heterocycles. The quantitative estimate of drug-likeness (QED) is 0.722. The molecule has 1 saturated heterocycles. The van der Waals surface area contributed by atoms with E-state index in [2.05, 4.69) is 20.9 Å². The molecule has 2 rings (SSSR count). The molecule has 3 amide bonds. The standard InChI is InChI=1S/C16H23ClN4O2/c1-12(22)18-7-8-19-16(23)20-13-5-6-15(14(17)11-13)21-9-3-2-4-10-21/h5-6,11H,2-4,7-10H2,1H3,(H,18,22)(H2,19,20,23). The molecule has 0 saturated carbocycles. The van der Waals surface area contributed by atoms with Crippen molar-refractivity contribution in [2.75, 3.05) is 36.4 Å². The number of amides is 3. The van der Waals surface area contributed by atoms with Gasteiger partial charge < -0.3 is 20.9 Å². The molecule has 1 aromatic rings. The number of benzene rings is 1. The highest BCUT2D eigenvalue weighted by Gasteiger charge is 2.14. The van der Waals surface area contributed by atoms with Crippen LogP contribution in [0, 0.1) is 0 Å². The monoisotopic (exact) mass is 338 g/mol. The lowest BCUT2D eigenvalue weighted by atomic mass is 10.1. The van der Waals surface area contributed by atoms with Gasteiger partial charge in [-0.3, -0.25) is 4.79 Å². The Bertz CT molecular complexity index is 559. The van der Waals surface area contributed by atoms with Crippen LogP contribution in [0.4, 0.5) is 16.2 Å². The molecule has 6 nitrogen and oxygen atoms in total. The van der Waals surface area contributed by atoms with Gasteiger partial charge in [-0.2, -0.15) is 0 Å². The topological polar surface area (TPSA) is 73.5 Å². The molecular weight excluding hydrogens is 316 g/mol. The number of rotatable bonds is 5. The van der Waals surface area contributed by atoms with E-state index in [1.54, 1.807) is 6.07 Å². The molecule has 0 aliphatic carbocycles. The largest absolute Gasteiger partial charge is 0.370 e. The van der Waals surface area contributed by atoms with Crippen molar-refractivity contribution in [1.29, 1.82) is 0 Å². The van der Waals surface area contributed by atoms with Gasteiger partial charge in [-0.05, 0) is 37.5 Å². The van der Waals surface area contributed by atoms with E-state index in [4.69, 9.17) is 11.6 Å². The first-order chi connectivity index (χ1) is 11.1. The Kier molecular flexibility index (Phi) is 6.52. The second-order valence-corrected chi connectivity index (χ2v) is 5.98. The summed E-state index contributed by atoms with van der Waals surface area (Å²) in [5.41, 5.74) is 1.66. The highest BCUT2D eigenvalue weighted by Crippen LogP contribution is 2.30. The van der Waals surface area contributed by atoms with Gasteiger partial charge >= 0.3 is 6.03 Å². The summed E-state index contributed by atoms with van der Waals surface area (Å²) in [4.78, 5) is 24.8. The lowest BCUT2D eigenvalue weighted by Gasteiger charge is -2.29. The molecule has 0 unspecified atom stereocenters. The van der Waals surface area contributed by atoms with Crippen LogP contribution in [-0.2, 0) is 4.79 Å². The molecule has 1 fully saturated rings. The fraction of sp³-hybridized carbons (Fsp3) is 0.500. The van der Waals surface area contributed by atoms with Crippen molar-refractivity contribution in [3.63, 3.8) is 0 Å². The van der Waals surface area contributed by atoms with E-state index in [0.717, 1.165) is 18.8 Å². The zero-order valence-electron chi connectivity index (χ0n) is 13.3. The molecule has 1 aromatic carbocycles. The molecule has 1 aliphatic rings. The van der Waals surface area contributed by atoms with Gasteiger partial charge in [0.15, 0.2) is 0 Å². The van der Waals surface area contributed by atoms with Gasteiger partial charge in [0.25, 0.3) is 0 Å². The highest BCUT2D eigenvalue weighted by atomic mass is 35.5. The maximum Gasteiger partial charge on any atom is 0.319 e. The van der Waals surface area contributed by atoms with Crippen LogP contribution in [0.1, 0.15) is 26.2 Å². The maximum absolute atomic E-state index is 11.8. The van der Waals surface area contributed by atoms with Crippen LogP contribution in [0.5, 0.6) is 0 Å². The average molecular weight is 339 g/mol. The Labute approximate surface area is 141 Å². The van der Waals surface area contributed by atoms with Crippen molar-refractivity contribution in [1.82, 2.24) is 10.6 Å². The van der Waals surface area contributed by atoms with Crippen LogP contribution in [0.15, 0.2) is 18.2 Å². The van der Waals surface area contributed by atoms with Crippen molar-refractivity contribution >= 4 is 34.9 Å². The van der Waals surface area contributed by atoms with Crippen LogP contribution in [-0.4, -0.2) is 38.1 Å². The minimum atomic E-state index is -0.322. The number of anilines is 2. The van der Waals surface area contributed by atoms with Crippen LogP contribution in [0.2, 0.25) is 5.02 Å². The van der Waals surface area contributed by atoms with Gasteiger partial charge in [0.2, 0.25) is 5.91 Å². The lowest BCUT2D eigenvalue weighted by Crippen LogP contribution is -2.36. The van der Waals surface area contributed by atoms with E-state index >= 15 is 0 Å². The first-order valence-corrected chi connectivity index (χ1v) is 8.28. The molecule has 23 heavy (non-hydrogen) atoms. The molecule has 3 N–H and O–H groups in total. The average Bonchev–Trinajstić information content (AvgIpc) is 2.52. The van der Waals surface area contributed by atoms with Crippen LogP contribution < -0.4 is 20.9 Å². The van der Waals surface area contributed by atoms with E-state index in [0.29, 0.717) is 23.8 Å². The van der Waals surface area contributed by atoms with Crippen molar-refractivity contribution in [2.45, 2.75) is 26.2 Å². The fourth-order valence-corrected chi connectivity index (χ4v) is 2.87. The number of halogens is 1. The predicted octanol–water partition coefficient (Wildman–Crippen LogP) is 2.59. The van der Waals surface area contributed by atoms with Gasteiger partial charge in [0, 0.05) is 38.8 Å². The van der Waals surface area contributed by atoms with Gasteiger partial charge in [0.05, 0.1) is 10.7 Å². The minimum absolute atomic E-state index is 0.118. The Morgan fingerprint density at radius 2 is 1.83 bits per heavy atom. The minimum Gasteiger partial charge on any atom is -0.370 e. The molecule has 0 spiro atoms. The molecule has 1 heterocycles. The summed E-state index contributed by atoms with van der Waals surface area (Å²) in [7, 11) is 0. The number of hydrogen-bond acceptors (Lipinski definition) is 3. The van der Waals surface area contributed by atoms with Crippen molar-refractivity contribution in [3.8, 4) is 0 Å². The SMILES string of the molecule is CC(=O)NCCNC(=O)Nc1ccc(N2CCCCC2)c(Cl)c1. The Hall–Kier alpha value is -1.95. The third kappa shape index (κ3) is 5.63. The summed E-state index contributed by atoms with van der Waals surface area (Å²) in [5.74, 6) is -0.118. The summed E-state index contributed by atoms with van der Waals surface area (Å²) in [5, 5.41) is 8.65. The Morgan fingerprint density at radius 3 is 2.48 bits per heavy atom. The third-order valence-electron chi connectivity index (χ3n) is 3.69. The van der Waals surface area contributed by atoms with E-state index < -0.39 is 0 Å². The second kappa shape index (κ2) is 8.62. The zero-order valence-corrected chi connectivity index (χ0v) is 14.1. The molecule has 0 bridgehead atoms. The molecule has 126 valence electrons. The number of piperidine rings is 1. The van der Waals surface area contributed by atoms with Crippen molar-refractivity contribution in [2.24, 2.45) is 0 Å². The first kappa shape index (κ1) is 17.4. The first-order valence-electron chi connectivity index (χ1n) is 7.90. The van der Waals surface area contributed by atoms with E-state index in [1.165, 1.54) is 26.2 Å². The molecule has 7 heteroatoms. The van der Waals surface area contributed by atoms with Crippen LogP contribution in [0.25, 0.3) is 0 Å². The van der Waals surface area contributed by atoms with Crippen LogP contribution in [0.3, 0.4) is 0 Å². The fourth-order valence-electron chi connectivity index (χ4n) is 2.57. The highest BCUT2D eigenvalue weighted by molar-refractivity contribution is 6.33. The van der Waals surface area contributed by atoms with E-state index in [-0.39, 0.29) is 11.9 Å². The third-order valence-corrected chi connectivity index (χ3v) is 3.99. The number of hydrogen-bond donors (Lipinski definition) is 3. The van der Waals surface area contributed by atoms with Crippen molar-refractivity contribution in [3.05, 3.63) is 23.2 Å². The van der Waals surface area contributed by atoms with Gasteiger partial charge in [-0.25, -0.2) is 4.79 Å². The number of nitrogens with zero attached hydrogens (tertiary/aromatic N) is 1. The smallest absolute Gasteiger partial charge is 0.319 e. The lowest BCUT2D eigenvalue weighted by molar-refractivity contribution is -0.118. The predicted molar refractivity (Wildman–Crippen MR) is 93.2 cm³/mol. The summed E-state index contributed by atoms with van der Waals surface area (Å²) in [6, 6.07) is 5.24. The van der Waals surface area contributed by atoms with E-state index in [1.807, 2.05) is 12.1 Å². The number of carbonyl (C=O) groups excluding carboxylic acids is 2. The van der Waals surface area contributed by atoms with Gasteiger partial charge in [0.1, 0.15) is 0 Å². The second-order valence-electron chi connectivity index (χ2n) is 5.58. The van der Waals surface area contributed by atoms with Crippen LogP contribution >= 0.6 is 11.6 Å². The number of nitrogens with one attached hydrogen (secondary N) is 3.